The maximum atomic E-state index is 11.5. The fraction of sp³-hybridized carbons (Fsp3) is 0.250. The van der Waals surface area contributed by atoms with Crippen molar-refractivity contribution in [1.29, 1.82) is 0 Å². The number of H-pyrrole nitrogens is 1. The van der Waals surface area contributed by atoms with E-state index in [1.807, 2.05) is 6.92 Å². The van der Waals surface area contributed by atoms with Crippen molar-refractivity contribution in [3.63, 3.8) is 0 Å². The Hall–Kier alpha value is -1.95. The molecule has 2 heterocycles. The summed E-state index contributed by atoms with van der Waals surface area (Å²) in [5.41, 5.74) is 0.313. The third-order valence-electron chi connectivity index (χ3n) is 2.25. The quantitative estimate of drug-likeness (QED) is 0.858. The second kappa shape index (κ2) is 5.14. The van der Waals surface area contributed by atoms with Gasteiger partial charge in [-0.25, -0.2) is 4.98 Å². The van der Waals surface area contributed by atoms with Crippen LogP contribution in [0.4, 0.5) is 0 Å². The molecule has 2 rings (SSSR count). The Morgan fingerprint density at radius 1 is 1.50 bits per heavy atom. The molecule has 0 aromatic carbocycles. The van der Waals surface area contributed by atoms with Crippen LogP contribution >= 0.6 is 11.3 Å². The number of rotatable bonds is 4. The fourth-order valence-electron chi connectivity index (χ4n) is 1.51. The van der Waals surface area contributed by atoms with Crippen LogP contribution in [0.25, 0.3) is 10.6 Å². The summed E-state index contributed by atoms with van der Waals surface area (Å²) < 4.78 is 5.41. The molecule has 18 heavy (non-hydrogen) atoms. The summed E-state index contributed by atoms with van der Waals surface area (Å²) >= 11 is 1.28. The minimum absolute atomic E-state index is 0.0560. The average molecular weight is 264 g/mol. The van der Waals surface area contributed by atoms with Crippen LogP contribution in [-0.2, 0) is 0 Å². The summed E-state index contributed by atoms with van der Waals surface area (Å²) in [6.07, 6.45) is 1.34. The Morgan fingerprint density at radius 3 is 2.89 bits per heavy atom. The SMILES string of the molecule is CCOc1cc(-c2cc(=O)[nH]cn2)sc1C(C)=O. The summed E-state index contributed by atoms with van der Waals surface area (Å²) in [5.74, 6) is 0.492. The first-order chi connectivity index (χ1) is 8.61. The van der Waals surface area contributed by atoms with Gasteiger partial charge in [0.15, 0.2) is 5.78 Å². The second-order valence-corrected chi connectivity index (χ2v) is 4.64. The third kappa shape index (κ3) is 2.48. The number of aromatic amines is 1. The molecule has 0 radical (unpaired) electrons. The van der Waals surface area contributed by atoms with Gasteiger partial charge in [-0.15, -0.1) is 11.3 Å². The number of ketones is 1. The number of nitrogens with zero attached hydrogens (tertiary/aromatic N) is 1. The van der Waals surface area contributed by atoms with Gasteiger partial charge in [-0.1, -0.05) is 0 Å². The van der Waals surface area contributed by atoms with Crippen molar-refractivity contribution >= 4 is 17.1 Å². The molecule has 0 aliphatic rings. The van der Waals surface area contributed by atoms with E-state index in [9.17, 15) is 9.59 Å². The first-order valence-corrected chi connectivity index (χ1v) is 6.26. The lowest BCUT2D eigenvalue weighted by molar-refractivity contribution is 0.101. The lowest BCUT2D eigenvalue weighted by atomic mass is 10.3. The number of aromatic nitrogens is 2. The maximum absolute atomic E-state index is 11.5. The van der Waals surface area contributed by atoms with E-state index in [1.165, 1.54) is 30.7 Å². The molecule has 0 atom stereocenters. The van der Waals surface area contributed by atoms with Crippen molar-refractivity contribution in [3.05, 3.63) is 33.7 Å². The van der Waals surface area contributed by atoms with Gasteiger partial charge >= 0.3 is 0 Å². The summed E-state index contributed by atoms with van der Waals surface area (Å²) in [5, 5.41) is 0. The average Bonchev–Trinajstić information content (AvgIpc) is 2.74. The zero-order valence-electron chi connectivity index (χ0n) is 10.0. The van der Waals surface area contributed by atoms with Crippen molar-refractivity contribution < 1.29 is 9.53 Å². The number of thiophene rings is 1. The number of ether oxygens (including phenoxy) is 1. The summed E-state index contributed by atoms with van der Waals surface area (Å²) in [6.45, 7) is 3.83. The van der Waals surface area contributed by atoms with E-state index in [0.717, 1.165) is 4.88 Å². The van der Waals surface area contributed by atoms with Gasteiger partial charge in [-0.05, 0) is 6.92 Å². The predicted molar refractivity (Wildman–Crippen MR) is 69.3 cm³/mol. The van der Waals surface area contributed by atoms with E-state index in [-0.39, 0.29) is 11.3 Å². The van der Waals surface area contributed by atoms with Gasteiger partial charge in [0.1, 0.15) is 10.6 Å². The molecule has 0 aliphatic carbocycles. The van der Waals surface area contributed by atoms with Crippen LogP contribution in [0.1, 0.15) is 23.5 Å². The van der Waals surface area contributed by atoms with Crippen LogP contribution in [0, 0.1) is 0 Å². The third-order valence-corrected chi connectivity index (χ3v) is 3.49. The van der Waals surface area contributed by atoms with E-state index >= 15 is 0 Å². The van der Waals surface area contributed by atoms with Gasteiger partial charge in [0.2, 0.25) is 0 Å². The highest BCUT2D eigenvalue weighted by Crippen LogP contribution is 2.35. The summed E-state index contributed by atoms with van der Waals surface area (Å²) in [4.78, 5) is 30.5. The van der Waals surface area contributed by atoms with Crippen LogP contribution in [0.3, 0.4) is 0 Å². The molecule has 5 nitrogen and oxygen atoms in total. The first kappa shape index (κ1) is 12.5. The molecular formula is C12H12N2O3S. The monoisotopic (exact) mass is 264 g/mol. The van der Waals surface area contributed by atoms with Crippen molar-refractivity contribution in [2.45, 2.75) is 13.8 Å². The molecule has 2 aromatic rings. The molecule has 0 aliphatic heterocycles. The number of hydrogen-bond acceptors (Lipinski definition) is 5. The lowest BCUT2D eigenvalue weighted by Gasteiger charge is -2.00. The standard InChI is InChI=1S/C12H12N2O3S/c1-3-17-9-5-10(18-12(9)7(2)15)8-4-11(16)14-6-13-8/h4-6H,3H2,1-2H3,(H,13,14,16). The summed E-state index contributed by atoms with van der Waals surface area (Å²) in [6, 6.07) is 3.14. The molecule has 0 amide bonds. The van der Waals surface area contributed by atoms with Gasteiger partial charge in [0.05, 0.1) is 23.5 Å². The Kier molecular flexibility index (Phi) is 3.57. The molecule has 0 fully saturated rings. The number of carbonyl (C=O) groups excluding carboxylic acids is 1. The molecule has 6 heteroatoms. The minimum Gasteiger partial charge on any atom is -0.492 e. The number of Topliss-reactive ketones (excluding diaryl/α,β-unsaturated/α-hetero) is 1. The van der Waals surface area contributed by atoms with Gasteiger partial charge in [0, 0.05) is 19.1 Å². The highest BCUT2D eigenvalue weighted by atomic mass is 32.1. The second-order valence-electron chi connectivity index (χ2n) is 3.59. The highest BCUT2D eigenvalue weighted by molar-refractivity contribution is 7.17. The smallest absolute Gasteiger partial charge is 0.251 e. The molecule has 0 saturated carbocycles. The zero-order valence-corrected chi connectivity index (χ0v) is 10.8. The number of nitrogens with one attached hydrogen (secondary N) is 1. The van der Waals surface area contributed by atoms with E-state index in [2.05, 4.69) is 9.97 Å². The van der Waals surface area contributed by atoms with Crippen LogP contribution in [0.15, 0.2) is 23.3 Å². The molecule has 1 N–H and O–H groups in total. The van der Waals surface area contributed by atoms with Crippen LogP contribution in [0.5, 0.6) is 5.75 Å². The molecule has 0 spiro atoms. The van der Waals surface area contributed by atoms with Crippen molar-refractivity contribution in [2.24, 2.45) is 0 Å². The van der Waals surface area contributed by atoms with Gasteiger partial charge < -0.3 is 9.72 Å². The van der Waals surface area contributed by atoms with Crippen LogP contribution in [-0.4, -0.2) is 22.4 Å². The van der Waals surface area contributed by atoms with E-state index in [4.69, 9.17) is 4.74 Å². The minimum atomic E-state index is -0.226. The number of carbonyl (C=O) groups is 1. The normalized spacial score (nSPS) is 10.3. The Balaban J connectivity index is 2.49. The van der Waals surface area contributed by atoms with Crippen molar-refractivity contribution in [1.82, 2.24) is 9.97 Å². The number of hydrogen-bond donors (Lipinski definition) is 1. The maximum Gasteiger partial charge on any atom is 0.251 e. The molecular weight excluding hydrogens is 252 g/mol. The molecule has 0 bridgehead atoms. The summed E-state index contributed by atoms with van der Waals surface area (Å²) in [7, 11) is 0. The Morgan fingerprint density at radius 2 is 2.28 bits per heavy atom. The largest absolute Gasteiger partial charge is 0.492 e. The lowest BCUT2D eigenvalue weighted by Crippen LogP contribution is -2.03. The molecule has 94 valence electrons. The van der Waals surface area contributed by atoms with Crippen LogP contribution in [0.2, 0.25) is 0 Å². The van der Waals surface area contributed by atoms with Crippen LogP contribution < -0.4 is 10.3 Å². The fourth-order valence-corrected chi connectivity index (χ4v) is 2.48. The topological polar surface area (TPSA) is 72.1 Å². The first-order valence-electron chi connectivity index (χ1n) is 5.44. The molecule has 2 aromatic heterocycles. The molecule has 0 unspecified atom stereocenters. The van der Waals surface area contributed by atoms with Crippen molar-refractivity contribution in [3.8, 4) is 16.3 Å². The van der Waals surface area contributed by atoms with E-state index < -0.39 is 0 Å². The van der Waals surface area contributed by atoms with Gasteiger partial charge in [0.25, 0.3) is 5.56 Å². The van der Waals surface area contributed by atoms with E-state index in [0.29, 0.717) is 22.9 Å². The highest BCUT2D eigenvalue weighted by Gasteiger charge is 2.15. The predicted octanol–water partition coefficient (Wildman–Crippen LogP) is 2.10. The Labute approximate surface area is 107 Å². The Bertz CT molecular complexity index is 630. The van der Waals surface area contributed by atoms with Crippen molar-refractivity contribution in [2.75, 3.05) is 6.61 Å². The van der Waals surface area contributed by atoms with Gasteiger partial charge in [-0.2, -0.15) is 0 Å². The van der Waals surface area contributed by atoms with Gasteiger partial charge in [-0.3, -0.25) is 9.59 Å². The zero-order chi connectivity index (χ0) is 13.1. The molecule has 0 saturated heterocycles. The van der Waals surface area contributed by atoms with E-state index in [1.54, 1.807) is 6.07 Å².